The first kappa shape index (κ1) is 27.1. The maximum absolute atomic E-state index is 13.7. The average Bonchev–Trinajstić information content (AvgIpc) is 3.47. The molecule has 0 bridgehead atoms. The van der Waals surface area contributed by atoms with Gasteiger partial charge < -0.3 is 19.5 Å². The Balaban J connectivity index is 1.16. The molecule has 42 heavy (non-hydrogen) atoms. The van der Waals surface area contributed by atoms with Gasteiger partial charge in [0.25, 0.3) is 5.69 Å². The average molecular weight is 561 g/mol. The zero-order chi connectivity index (χ0) is 28.9. The lowest BCUT2D eigenvalue weighted by Gasteiger charge is -2.36. The number of nitrogens with one attached hydrogen (secondary N) is 1. The molecule has 0 spiro atoms. The van der Waals surface area contributed by atoms with Gasteiger partial charge >= 0.3 is 0 Å². The summed E-state index contributed by atoms with van der Waals surface area (Å²) in [5.41, 5.74) is 5.32. The molecule has 6 rings (SSSR count). The second-order valence-corrected chi connectivity index (χ2v) is 10.5. The summed E-state index contributed by atoms with van der Waals surface area (Å²) >= 11 is 0. The number of para-hydroxylation sites is 1. The minimum atomic E-state index is -0.393. The fourth-order valence-electron chi connectivity index (χ4n) is 5.63. The normalized spacial score (nSPS) is 14.1. The minimum absolute atomic E-state index is 0.0756. The number of rotatable bonds is 9. The van der Waals surface area contributed by atoms with Gasteiger partial charge in [-0.15, -0.1) is 0 Å². The lowest BCUT2D eigenvalue weighted by Crippen LogP contribution is -2.49. The molecule has 1 atom stereocenters. The standard InChI is InChI=1S/C34H32N4O4/c39-34(37-20-18-36(19-21-37)27-12-14-28(15-13-27)38(40)41)22-31(32-23-35-33-9-5-4-8-30(32)33)26-10-16-29(17-11-26)42-24-25-6-2-1-3-7-25/h1-17,23,31,35H,18-22,24H2. The number of hydrogen-bond acceptors (Lipinski definition) is 5. The summed E-state index contributed by atoms with van der Waals surface area (Å²) in [6, 6.07) is 32.9. The lowest BCUT2D eigenvalue weighted by atomic mass is 9.87. The molecule has 8 heteroatoms. The molecule has 2 heterocycles. The number of non-ortho nitro benzene ring substituents is 1. The van der Waals surface area contributed by atoms with Gasteiger partial charge in [0.15, 0.2) is 0 Å². The fourth-order valence-corrected chi connectivity index (χ4v) is 5.63. The molecule has 4 aromatic carbocycles. The Labute approximate surface area is 244 Å². The van der Waals surface area contributed by atoms with Crippen molar-refractivity contribution in [2.75, 3.05) is 31.1 Å². The molecule has 1 aliphatic heterocycles. The smallest absolute Gasteiger partial charge is 0.269 e. The number of nitro benzene ring substituents is 1. The molecule has 0 radical (unpaired) electrons. The molecule has 1 saturated heterocycles. The molecule has 1 N–H and O–H groups in total. The van der Waals surface area contributed by atoms with Gasteiger partial charge in [0.05, 0.1) is 4.92 Å². The summed E-state index contributed by atoms with van der Waals surface area (Å²) in [6.07, 6.45) is 2.37. The number of benzene rings is 4. The number of aromatic nitrogens is 1. The molecular weight excluding hydrogens is 528 g/mol. The van der Waals surface area contributed by atoms with Crippen LogP contribution in [0.3, 0.4) is 0 Å². The first-order chi connectivity index (χ1) is 20.5. The highest BCUT2D eigenvalue weighted by Gasteiger charge is 2.27. The third-order valence-corrected chi connectivity index (χ3v) is 7.96. The molecule has 1 amide bonds. The summed E-state index contributed by atoms with van der Waals surface area (Å²) in [4.78, 5) is 31.8. The largest absolute Gasteiger partial charge is 0.489 e. The van der Waals surface area contributed by atoms with E-state index in [0.717, 1.165) is 39.0 Å². The number of carbonyl (C=O) groups excluding carboxylic acids is 1. The van der Waals surface area contributed by atoms with Crippen molar-refractivity contribution in [2.24, 2.45) is 0 Å². The molecule has 1 fully saturated rings. The van der Waals surface area contributed by atoms with Crippen LogP contribution in [0.25, 0.3) is 10.9 Å². The van der Waals surface area contributed by atoms with E-state index in [-0.39, 0.29) is 17.5 Å². The molecule has 212 valence electrons. The highest BCUT2D eigenvalue weighted by molar-refractivity contribution is 5.86. The predicted molar refractivity (Wildman–Crippen MR) is 164 cm³/mol. The van der Waals surface area contributed by atoms with Crippen molar-refractivity contribution < 1.29 is 14.5 Å². The van der Waals surface area contributed by atoms with Gasteiger partial charge in [-0.1, -0.05) is 60.7 Å². The van der Waals surface area contributed by atoms with Crippen LogP contribution in [0.15, 0.2) is 109 Å². The minimum Gasteiger partial charge on any atom is -0.489 e. The van der Waals surface area contributed by atoms with E-state index in [9.17, 15) is 14.9 Å². The van der Waals surface area contributed by atoms with Crippen LogP contribution in [0.2, 0.25) is 0 Å². The van der Waals surface area contributed by atoms with Crippen molar-refractivity contribution in [3.63, 3.8) is 0 Å². The summed E-state index contributed by atoms with van der Waals surface area (Å²) in [5, 5.41) is 12.1. The third-order valence-electron chi connectivity index (χ3n) is 7.96. The van der Waals surface area contributed by atoms with Gasteiger partial charge in [0, 0.05) is 73.4 Å². The number of nitrogens with zero attached hydrogens (tertiary/aromatic N) is 3. The summed E-state index contributed by atoms with van der Waals surface area (Å²) in [6.45, 7) is 3.05. The number of nitro groups is 1. The Hall–Kier alpha value is -5.11. The van der Waals surface area contributed by atoms with E-state index in [1.54, 1.807) is 12.1 Å². The van der Waals surface area contributed by atoms with Gasteiger partial charge in [-0.25, -0.2) is 0 Å². The second-order valence-electron chi connectivity index (χ2n) is 10.5. The third kappa shape index (κ3) is 5.98. The number of aromatic amines is 1. The van der Waals surface area contributed by atoms with Crippen LogP contribution in [-0.2, 0) is 11.4 Å². The van der Waals surface area contributed by atoms with Crippen LogP contribution >= 0.6 is 0 Å². The monoisotopic (exact) mass is 560 g/mol. The molecule has 0 saturated carbocycles. The molecule has 8 nitrogen and oxygen atoms in total. The Kier molecular flexibility index (Phi) is 7.85. The van der Waals surface area contributed by atoms with Gasteiger partial charge in [0.1, 0.15) is 12.4 Å². The molecule has 0 aliphatic carbocycles. The summed E-state index contributed by atoms with van der Waals surface area (Å²) in [7, 11) is 0. The second kappa shape index (κ2) is 12.2. The van der Waals surface area contributed by atoms with Crippen molar-refractivity contribution in [3.05, 3.63) is 136 Å². The Morgan fingerprint density at radius 1 is 0.857 bits per heavy atom. The summed E-state index contributed by atoms with van der Waals surface area (Å²) in [5.74, 6) is 0.775. The number of hydrogen-bond donors (Lipinski definition) is 1. The zero-order valence-electron chi connectivity index (χ0n) is 23.2. The number of H-pyrrole nitrogens is 1. The lowest BCUT2D eigenvalue weighted by molar-refractivity contribution is -0.384. The maximum atomic E-state index is 13.7. The van der Waals surface area contributed by atoms with E-state index in [2.05, 4.69) is 34.1 Å². The first-order valence-corrected chi connectivity index (χ1v) is 14.1. The Morgan fingerprint density at radius 2 is 1.55 bits per heavy atom. The molecular formula is C34H32N4O4. The number of carbonyl (C=O) groups is 1. The van der Waals surface area contributed by atoms with Crippen molar-refractivity contribution in [2.45, 2.75) is 18.9 Å². The van der Waals surface area contributed by atoms with Crippen molar-refractivity contribution in [1.29, 1.82) is 0 Å². The molecule has 5 aromatic rings. The van der Waals surface area contributed by atoms with Crippen LogP contribution < -0.4 is 9.64 Å². The highest BCUT2D eigenvalue weighted by Crippen LogP contribution is 2.35. The molecule has 1 aromatic heterocycles. The Morgan fingerprint density at radius 3 is 2.26 bits per heavy atom. The number of piperazine rings is 1. The topological polar surface area (TPSA) is 91.7 Å². The Bertz CT molecular complexity index is 1660. The quantitative estimate of drug-likeness (QED) is 0.164. The van der Waals surface area contributed by atoms with Crippen LogP contribution in [0.1, 0.15) is 29.0 Å². The van der Waals surface area contributed by atoms with Crippen molar-refractivity contribution in [1.82, 2.24) is 9.88 Å². The fraction of sp³-hybridized carbons (Fsp3) is 0.206. The molecule has 1 unspecified atom stereocenters. The van der Waals surface area contributed by atoms with E-state index in [4.69, 9.17) is 4.74 Å². The van der Waals surface area contributed by atoms with Crippen molar-refractivity contribution >= 4 is 28.2 Å². The van der Waals surface area contributed by atoms with Gasteiger partial charge in [0.2, 0.25) is 5.91 Å². The van der Waals surface area contributed by atoms with Crippen LogP contribution in [0.5, 0.6) is 5.75 Å². The van der Waals surface area contributed by atoms with E-state index in [1.165, 1.54) is 12.1 Å². The van der Waals surface area contributed by atoms with Gasteiger partial charge in [-0.05, 0) is 47.0 Å². The maximum Gasteiger partial charge on any atom is 0.269 e. The van der Waals surface area contributed by atoms with Gasteiger partial charge in [-0.3, -0.25) is 14.9 Å². The van der Waals surface area contributed by atoms with E-state index in [1.807, 2.05) is 65.7 Å². The predicted octanol–water partition coefficient (Wildman–Crippen LogP) is 6.53. The van der Waals surface area contributed by atoms with E-state index in [0.29, 0.717) is 39.2 Å². The van der Waals surface area contributed by atoms with Crippen LogP contribution in [0.4, 0.5) is 11.4 Å². The SMILES string of the molecule is O=C(CC(c1ccc(OCc2ccccc2)cc1)c1c[nH]c2ccccc12)N1CCN(c2ccc([N+](=O)[O-])cc2)CC1. The zero-order valence-corrected chi connectivity index (χ0v) is 23.2. The van der Waals surface area contributed by atoms with Gasteiger partial charge in [-0.2, -0.15) is 0 Å². The molecule has 1 aliphatic rings. The number of ether oxygens (including phenoxy) is 1. The van der Waals surface area contributed by atoms with Crippen LogP contribution in [-0.4, -0.2) is 46.9 Å². The number of amides is 1. The van der Waals surface area contributed by atoms with Crippen LogP contribution in [0, 0.1) is 10.1 Å². The highest BCUT2D eigenvalue weighted by atomic mass is 16.6. The number of fused-ring (bicyclic) bond motifs is 1. The number of anilines is 1. The van der Waals surface area contributed by atoms with E-state index < -0.39 is 4.92 Å². The van der Waals surface area contributed by atoms with Crippen molar-refractivity contribution in [3.8, 4) is 5.75 Å². The first-order valence-electron chi connectivity index (χ1n) is 14.1. The summed E-state index contributed by atoms with van der Waals surface area (Å²) < 4.78 is 6.01. The van der Waals surface area contributed by atoms with E-state index >= 15 is 0 Å².